The van der Waals surface area contributed by atoms with Crippen molar-refractivity contribution in [1.82, 2.24) is 4.98 Å². The van der Waals surface area contributed by atoms with Gasteiger partial charge >= 0.3 is 7.12 Å². The van der Waals surface area contributed by atoms with E-state index in [4.69, 9.17) is 9.31 Å². The van der Waals surface area contributed by atoms with Gasteiger partial charge in [0.25, 0.3) is 0 Å². The van der Waals surface area contributed by atoms with Gasteiger partial charge in [0.1, 0.15) is 0 Å². The SMILES string of the molecule is CC1(C)OB(C(=Cc2ccc3ncsc3c2)CS)OC1(C)C. The summed E-state index contributed by atoms with van der Waals surface area (Å²) >= 11 is 6.10. The van der Waals surface area contributed by atoms with Gasteiger partial charge in [-0.2, -0.15) is 12.6 Å². The van der Waals surface area contributed by atoms with Crippen LogP contribution in [0.5, 0.6) is 0 Å². The number of hydrogen-bond donors (Lipinski definition) is 1. The summed E-state index contributed by atoms with van der Waals surface area (Å²) < 4.78 is 13.4. The van der Waals surface area contributed by atoms with E-state index in [0.717, 1.165) is 16.6 Å². The molecule has 0 aliphatic carbocycles. The molecule has 0 amide bonds. The molecule has 3 rings (SSSR count). The average Bonchev–Trinajstić information content (AvgIpc) is 2.98. The summed E-state index contributed by atoms with van der Waals surface area (Å²) in [7, 11) is -0.348. The van der Waals surface area contributed by atoms with Gasteiger partial charge in [0.2, 0.25) is 0 Å². The molecule has 0 atom stereocenters. The van der Waals surface area contributed by atoms with Gasteiger partial charge in [-0.3, -0.25) is 0 Å². The predicted octanol–water partition coefficient (Wildman–Crippen LogP) is 4.24. The summed E-state index contributed by atoms with van der Waals surface area (Å²) in [4.78, 5) is 4.31. The van der Waals surface area contributed by atoms with E-state index in [9.17, 15) is 0 Å². The van der Waals surface area contributed by atoms with Gasteiger partial charge < -0.3 is 9.31 Å². The first kappa shape index (κ1) is 16.1. The molecule has 0 spiro atoms. The van der Waals surface area contributed by atoms with Gasteiger partial charge in [-0.15, -0.1) is 11.3 Å². The second-order valence-corrected chi connectivity index (χ2v) is 7.75. The minimum atomic E-state index is -0.348. The van der Waals surface area contributed by atoms with Crippen LogP contribution in [-0.2, 0) is 9.31 Å². The molecule has 0 radical (unpaired) electrons. The van der Waals surface area contributed by atoms with E-state index in [-0.39, 0.29) is 18.3 Å². The minimum Gasteiger partial charge on any atom is -0.400 e. The fraction of sp³-hybridized carbons (Fsp3) is 0.438. The van der Waals surface area contributed by atoms with Crippen molar-refractivity contribution in [3.8, 4) is 0 Å². The largest absolute Gasteiger partial charge is 0.491 e. The minimum absolute atomic E-state index is 0.332. The van der Waals surface area contributed by atoms with Crippen LogP contribution in [0.1, 0.15) is 33.3 Å². The van der Waals surface area contributed by atoms with E-state index < -0.39 is 0 Å². The summed E-state index contributed by atoms with van der Waals surface area (Å²) in [6.07, 6.45) is 2.11. The molecule has 1 aliphatic rings. The Morgan fingerprint density at radius 2 is 1.95 bits per heavy atom. The van der Waals surface area contributed by atoms with Gasteiger partial charge in [-0.25, -0.2) is 4.98 Å². The Kier molecular flexibility index (Phi) is 4.14. The van der Waals surface area contributed by atoms with E-state index in [1.807, 2.05) is 11.6 Å². The van der Waals surface area contributed by atoms with Gasteiger partial charge in [-0.1, -0.05) is 12.1 Å². The highest BCUT2D eigenvalue weighted by molar-refractivity contribution is 7.80. The van der Waals surface area contributed by atoms with Gasteiger partial charge in [0.15, 0.2) is 0 Å². The lowest BCUT2D eigenvalue weighted by Gasteiger charge is -2.32. The smallest absolute Gasteiger partial charge is 0.400 e. The summed E-state index contributed by atoms with van der Waals surface area (Å²) in [5, 5.41) is 0. The molecule has 2 aromatic rings. The van der Waals surface area contributed by atoms with Crippen LogP contribution < -0.4 is 0 Å². The first-order chi connectivity index (χ1) is 10.3. The molecule has 6 heteroatoms. The second-order valence-electron chi connectivity index (χ2n) is 6.55. The summed E-state index contributed by atoms with van der Waals surface area (Å²) in [6, 6.07) is 6.25. The van der Waals surface area contributed by atoms with Crippen LogP contribution in [0, 0.1) is 0 Å². The van der Waals surface area contributed by atoms with Crippen LogP contribution in [0.15, 0.2) is 29.2 Å². The van der Waals surface area contributed by atoms with Crippen molar-refractivity contribution in [2.24, 2.45) is 0 Å². The van der Waals surface area contributed by atoms with Crippen LogP contribution >= 0.6 is 24.0 Å². The number of fused-ring (bicyclic) bond motifs is 1. The van der Waals surface area contributed by atoms with E-state index >= 15 is 0 Å². The van der Waals surface area contributed by atoms with Crippen LogP contribution in [0.4, 0.5) is 0 Å². The third-order valence-electron chi connectivity index (χ3n) is 4.45. The van der Waals surface area contributed by atoms with Crippen LogP contribution in [0.3, 0.4) is 0 Å². The number of nitrogens with zero attached hydrogens (tertiary/aromatic N) is 1. The number of aromatic nitrogens is 1. The van der Waals surface area contributed by atoms with Gasteiger partial charge in [0.05, 0.1) is 26.9 Å². The molecule has 3 nitrogen and oxygen atoms in total. The Labute approximate surface area is 141 Å². The Hall–Kier alpha value is -0.815. The van der Waals surface area contributed by atoms with E-state index in [1.54, 1.807) is 11.3 Å². The molecular formula is C16H20BNO2S2. The first-order valence-corrected chi connectivity index (χ1v) is 8.84. The highest BCUT2D eigenvalue weighted by atomic mass is 32.1. The monoisotopic (exact) mass is 333 g/mol. The molecule has 1 aromatic heterocycles. The standard InChI is InChI=1S/C16H20BNO2S2/c1-15(2)16(3,4)20-17(19-15)12(9-21)7-11-5-6-13-14(8-11)22-10-18-13/h5-8,10,21H,9H2,1-4H3. The molecule has 1 fully saturated rings. The zero-order valence-corrected chi connectivity index (χ0v) is 15.0. The number of thiazole rings is 1. The van der Waals surface area contributed by atoms with Crippen molar-refractivity contribution >= 4 is 47.4 Å². The quantitative estimate of drug-likeness (QED) is 0.673. The van der Waals surface area contributed by atoms with E-state index in [2.05, 4.69) is 63.5 Å². The molecule has 22 heavy (non-hydrogen) atoms. The second kappa shape index (κ2) is 5.67. The first-order valence-electron chi connectivity index (χ1n) is 7.33. The summed E-state index contributed by atoms with van der Waals surface area (Å²) in [6.45, 7) is 8.25. The van der Waals surface area contributed by atoms with Crippen LogP contribution in [0.25, 0.3) is 16.3 Å². The summed E-state index contributed by atoms with van der Waals surface area (Å²) in [5.74, 6) is 0.595. The van der Waals surface area contributed by atoms with Crippen molar-refractivity contribution in [2.45, 2.75) is 38.9 Å². The normalized spacial score (nSPS) is 20.8. The Morgan fingerprint density at radius 3 is 2.59 bits per heavy atom. The third-order valence-corrected chi connectivity index (χ3v) is 5.60. The Morgan fingerprint density at radius 1 is 1.27 bits per heavy atom. The maximum atomic E-state index is 6.11. The third kappa shape index (κ3) is 2.85. The van der Waals surface area contributed by atoms with E-state index in [1.165, 1.54) is 4.70 Å². The lowest BCUT2D eigenvalue weighted by atomic mass is 9.78. The summed E-state index contributed by atoms with van der Waals surface area (Å²) in [5.41, 5.74) is 4.39. The lowest BCUT2D eigenvalue weighted by Crippen LogP contribution is -2.41. The fourth-order valence-corrected chi connectivity index (χ4v) is 3.32. The molecule has 1 saturated heterocycles. The Bertz CT molecular complexity index is 708. The van der Waals surface area contributed by atoms with Crippen molar-refractivity contribution in [1.29, 1.82) is 0 Å². The number of thiol groups is 1. The lowest BCUT2D eigenvalue weighted by molar-refractivity contribution is 0.00578. The molecule has 0 saturated carbocycles. The zero-order valence-electron chi connectivity index (χ0n) is 13.3. The highest BCUT2D eigenvalue weighted by Gasteiger charge is 2.52. The van der Waals surface area contributed by atoms with Crippen molar-refractivity contribution in [2.75, 3.05) is 5.75 Å². The fourth-order valence-electron chi connectivity index (χ4n) is 2.36. The maximum Gasteiger partial charge on any atom is 0.491 e. The number of hydrogen-bond acceptors (Lipinski definition) is 5. The Balaban J connectivity index is 1.90. The maximum absolute atomic E-state index is 6.11. The molecule has 116 valence electrons. The molecule has 1 aromatic carbocycles. The van der Waals surface area contributed by atoms with E-state index in [0.29, 0.717) is 5.75 Å². The molecule has 0 N–H and O–H groups in total. The molecular weight excluding hydrogens is 313 g/mol. The van der Waals surface area contributed by atoms with Crippen molar-refractivity contribution in [3.05, 3.63) is 34.7 Å². The van der Waals surface area contributed by atoms with Crippen molar-refractivity contribution in [3.63, 3.8) is 0 Å². The zero-order chi connectivity index (χ0) is 16.0. The van der Waals surface area contributed by atoms with Crippen LogP contribution in [0.2, 0.25) is 0 Å². The molecule has 2 heterocycles. The number of rotatable bonds is 3. The average molecular weight is 333 g/mol. The molecule has 0 unspecified atom stereocenters. The van der Waals surface area contributed by atoms with Crippen LogP contribution in [-0.4, -0.2) is 29.1 Å². The van der Waals surface area contributed by atoms with Gasteiger partial charge in [-0.05, 0) is 50.9 Å². The molecule has 0 bridgehead atoms. The van der Waals surface area contributed by atoms with Gasteiger partial charge in [0, 0.05) is 5.75 Å². The van der Waals surface area contributed by atoms with Crippen molar-refractivity contribution < 1.29 is 9.31 Å². The highest BCUT2D eigenvalue weighted by Crippen LogP contribution is 2.39. The predicted molar refractivity (Wildman–Crippen MR) is 97.5 cm³/mol. The number of benzene rings is 1. The topological polar surface area (TPSA) is 31.4 Å². The molecule has 1 aliphatic heterocycles.